The second-order valence-electron chi connectivity index (χ2n) is 4.50. The van der Waals surface area contributed by atoms with Crippen LogP contribution in [0.25, 0.3) is 0 Å². The number of aromatic nitrogens is 1. The molecule has 1 aromatic heterocycles. The molecule has 0 aliphatic rings. The van der Waals surface area contributed by atoms with Gasteiger partial charge in [0.25, 0.3) is 5.69 Å². The van der Waals surface area contributed by atoms with E-state index in [4.69, 9.17) is 4.42 Å². The van der Waals surface area contributed by atoms with Crippen molar-refractivity contribution in [1.82, 2.24) is 9.71 Å². The van der Waals surface area contributed by atoms with Crippen LogP contribution >= 0.6 is 0 Å². The summed E-state index contributed by atoms with van der Waals surface area (Å²) < 4.78 is 45.1. The van der Waals surface area contributed by atoms with Crippen LogP contribution in [-0.4, -0.2) is 18.3 Å². The lowest BCUT2D eigenvalue weighted by Gasteiger charge is -2.07. The zero-order valence-electron chi connectivity index (χ0n) is 11.7. The summed E-state index contributed by atoms with van der Waals surface area (Å²) in [4.78, 5) is 13.3. The van der Waals surface area contributed by atoms with Gasteiger partial charge in [0.1, 0.15) is 11.6 Å². The van der Waals surface area contributed by atoms with Crippen molar-refractivity contribution >= 4 is 15.7 Å². The summed E-state index contributed by atoms with van der Waals surface area (Å²) in [6.45, 7) is 2.59. The van der Waals surface area contributed by atoms with Gasteiger partial charge in [-0.05, 0) is 19.9 Å². The van der Waals surface area contributed by atoms with Crippen LogP contribution in [0.4, 0.5) is 10.1 Å². The van der Waals surface area contributed by atoms with E-state index in [2.05, 4.69) is 9.71 Å². The van der Waals surface area contributed by atoms with Gasteiger partial charge >= 0.3 is 0 Å². The molecular weight excluding hydrogens is 317 g/mol. The highest BCUT2D eigenvalue weighted by Crippen LogP contribution is 2.25. The molecule has 0 fully saturated rings. The van der Waals surface area contributed by atoms with Gasteiger partial charge in [-0.1, -0.05) is 0 Å². The molecule has 22 heavy (non-hydrogen) atoms. The van der Waals surface area contributed by atoms with Gasteiger partial charge in [-0.25, -0.2) is 22.5 Å². The molecule has 1 heterocycles. The largest absolute Gasteiger partial charge is 0.445 e. The number of nitro benzene ring substituents is 1. The molecule has 0 radical (unpaired) electrons. The lowest BCUT2D eigenvalue weighted by molar-refractivity contribution is -0.385. The maximum Gasteiger partial charge on any atom is 0.276 e. The first-order chi connectivity index (χ1) is 10.2. The van der Waals surface area contributed by atoms with Crippen LogP contribution in [0.2, 0.25) is 0 Å². The average molecular weight is 329 g/mol. The number of nitro groups is 1. The number of sulfonamides is 1. The van der Waals surface area contributed by atoms with E-state index < -0.39 is 31.3 Å². The van der Waals surface area contributed by atoms with E-state index in [0.29, 0.717) is 5.76 Å². The van der Waals surface area contributed by atoms with Gasteiger partial charge < -0.3 is 4.42 Å². The number of nitrogens with zero attached hydrogens (tertiary/aromatic N) is 2. The number of benzene rings is 1. The summed E-state index contributed by atoms with van der Waals surface area (Å²) in [5, 5.41) is 10.8. The van der Waals surface area contributed by atoms with Crippen molar-refractivity contribution in [3.63, 3.8) is 0 Å². The summed E-state index contributed by atoms with van der Waals surface area (Å²) in [7, 11) is -4.14. The van der Waals surface area contributed by atoms with E-state index in [0.717, 1.165) is 12.1 Å². The molecule has 0 spiro atoms. The third-order valence-electron chi connectivity index (χ3n) is 2.88. The fourth-order valence-electron chi connectivity index (χ4n) is 1.71. The molecule has 0 saturated heterocycles. The summed E-state index contributed by atoms with van der Waals surface area (Å²) in [5.74, 6) is -0.337. The molecule has 10 heteroatoms. The Balaban J connectivity index is 2.31. The number of aryl methyl sites for hydroxylation is 1. The first-order valence-corrected chi connectivity index (χ1v) is 7.54. The molecule has 1 aromatic carbocycles. The van der Waals surface area contributed by atoms with Crippen molar-refractivity contribution in [1.29, 1.82) is 0 Å². The van der Waals surface area contributed by atoms with Gasteiger partial charge in [-0.15, -0.1) is 0 Å². The van der Waals surface area contributed by atoms with Crippen molar-refractivity contribution in [3.05, 3.63) is 51.5 Å². The first kappa shape index (κ1) is 16.0. The Kier molecular flexibility index (Phi) is 4.24. The zero-order chi connectivity index (χ0) is 16.5. The topological polar surface area (TPSA) is 115 Å². The van der Waals surface area contributed by atoms with Crippen LogP contribution in [0.1, 0.15) is 17.2 Å². The van der Waals surface area contributed by atoms with Crippen molar-refractivity contribution in [2.24, 2.45) is 0 Å². The number of nitrogens with one attached hydrogen (secondary N) is 1. The third-order valence-corrected chi connectivity index (χ3v) is 4.26. The zero-order valence-corrected chi connectivity index (χ0v) is 12.5. The van der Waals surface area contributed by atoms with Crippen LogP contribution in [0, 0.1) is 29.8 Å². The standard InChI is InChI=1S/C12H12FN3O5S/c1-7-5-14-12(21-7)6-15-22(19,20)9-3-10(13)8(2)11(4-9)16(17)18/h3-5,15H,6H2,1-2H3. The lowest BCUT2D eigenvalue weighted by atomic mass is 10.2. The smallest absolute Gasteiger partial charge is 0.276 e. The van der Waals surface area contributed by atoms with Crippen molar-refractivity contribution in [3.8, 4) is 0 Å². The molecule has 2 aromatic rings. The molecule has 0 atom stereocenters. The summed E-state index contributed by atoms with van der Waals surface area (Å²) >= 11 is 0. The summed E-state index contributed by atoms with van der Waals surface area (Å²) in [5.41, 5.74) is -0.834. The molecule has 0 amide bonds. The van der Waals surface area contributed by atoms with E-state index in [1.54, 1.807) is 6.92 Å². The fraction of sp³-hybridized carbons (Fsp3) is 0.250. The van der Waals surface area contributed by atoms with Crippen molar-refractivity contribution in [2.45, 2.75) is 25.3 Å². The van der Waals surface area contributed by atoms with E-state index in [1.807, 2.05) is 0 Å². The number of rotatable bonds is 5. The summed E-state index contributed by atoms with van der Waals surface area (Å²) in [6.07, 6.45) is 1.42. The van der Waals surface area contributed by atoms with E-state index in [-0.39, 0.29) is 18.0 Å². The SMILES string of the molecule is Cc1cnc(CNS(=O)(=O)c2cc(F)c(C)c([N+](=O)[O-])c2)o1. The van der Waals surface area contributed by atoms with Crippen LogP contribution < -0.4 is 4.72 Å². The van der Waals surface area contributed by atoms with Gasteiger partial charge in [-0.3, -0.25) is 10.1 Å². The maximum absolute atomic E-state index is 13.7. The molecule has 118 valence electrons. The molecule has 1 N–H and O–H groups in total. The molecular formula is C12H12FN3O5S. The lowest BCUT2D eigenvalue weighted by Crippen LogP contribution is -2.23. The Bertz CT molecular complexity index is 831. The average Bonchev–Trinajstić information content (AvgIpc) is 2.85. The highest BCUT2D eigenvalue weighted by Gasteiger charge is 2.23. The molecule has 0 unspecified atom stereocenters. The molecule has 0 aliphatic carbocycles. The van der Waals surface area contributed by atoms with Crippen LogP contribution in [0.15, 0.2) is 27.6 Å². The Morgan fingerprint density at radius 1 is 1.41 bits per heavy atom. The predicted octanol–water partition coefficient (Wildman–Crippen LogP) is 1.82. The van der Waals surface area contributed by atoms with Crippen molar-refractivity contribution in [2.75, 3.05) is 0 Å². The second kappa shape index (κ2) is 5.81. The van der Waals surface area contributed by atoms with Crippen LogP contribution in [0.3, 0.4) is 0 Å². The second-order valence-corrected chi connectivity index (χ2v) is 6.26. The number of halogens is 1. The van der Waals surface area contributed by atoms with Gasteiger partial charge in [0.15, 0.2) is 0 Å². The van der Waals surface area contributed by atoms with Crippen LogP contribution in [-0.2, 0) is 16.6 Å². The molecule has 0 saturated carbocycles. The number of oxazole rings is 1. The Labute approximate surface area is 125 Å². The molecule has 2 rings (SSSR count). The van der Waals surface area contributed by atoms with Gasteiger partial charge in [-0.2, -0.15) is 0 Å². The van der Waals surface area contributed by atoms with Gasteiger partial charge in [0, 0.05) is 6.07 Å². The molecule has 0 aliphatic heterocycles. The molecule has 0 bridgehead atoms. The maximum atomic E-state index is 13.7. The van der Waals surface area contributed by atoms with Crippen molar-refractivity contribution < 1.29 is 22.1 Å². The van der Waals surface area contributed by atoms with E-state index >= 15 is 0 Å². The third kappa shape index (κ3) is 3.28. The Hall–Kier alpha value is -2.33. The fourth-order valence-corrected chi connectivity index (χ4v) is 2.71. The highest BCUT2D eigenvalue weighted by molar-refractivity contribution is 7.89. The first-order valence-electron chi connectivity index (χ1n) is 6.06. The molecule has 8 nitrogen and oxygen atoms in total. The van der Waals surface area contributed by atoms with Crippen LogP contribution in [0.5, 0.6) is 0 Å². The normalized spacial score (nSPS) is 11.6. The predicted molar refractivity (Wildman–Crippen MR) is 73.1 cm³/mol. The summed E-state index contributed by atoms with van der Waals surface area (Å²) in [6, 6.07) is 1.53. The quantitative estimate of drug-likeness (QED) is 0.661. The minimum absolute atomic E-state index is 0.128. The minimum atomic E-state index is -4.14. The monoisotopic (exact) mass is 329 g/mol. The Morgan fingerprint density at radius 3 is 2.64 bits per heavy atom. The Morgan fingerprint density at radius 2 is 2.09 bits per heavy atom. The van der Waals surface area contributed by atoms with E-state index in [9.17, 15) is 22.9 Å². The minimum Gasteiger partial charge on any atom is -0.445 e. The highest BCUT2D eigenvalue weighted by atomic mass is 32.2. The number of hydrogen-bond acceptors (Lipinski definition) is 6. The van der Waals surface area contributed by atoms with Gasteiger partial charge in [0.05, 0.1) is 28.1 Å². The van der Waals surface area contributed by atoms with E-state index in [1.165, 1.54) is 13.1 Å². The number of hydrogen-bond donors (Lipinski definition) is 1. The van der Waals surface area contributed by atoms with Gasteiger partial charge in [0.2, 0.25) is 15.9 Å².